The SMILES string of the molecule is Cc1cc(Oc2cccnc2)nc(-c2ccc(S(C)(=O)=O)cc2)c1. The predicted molar refractivity (Wildman–Crippen MR) is 91.8 cm³/mol. The smallest absolute Gasteiger partial charge is 0.220 e. The molecule has 0 bridgehead atoms. The van der Waals surface area contributed by atoms with Gasteiger partial charge in [0.2, 0.25) is 5.88 Å². The maximum Gasteiger partial charge on any atom is 0.220 e. The van der Waals surface area contributed by atoms with Gasteiger partial charge in [0.05, 0.1) is 16.8 Å². The van der Waals surface area contributed by atoms with Crippen molar-refractivity contribution >= 4 is 9.84 Å². The van der Waals surface area contributed by atoms with E-state index in [1.54, 1.807) is 48.8 Å². The van der Waals surface area contributed by atoms with Crippen LogP contribution in [0, 0.1) is 6.92 Å². The standard InChI is InChI=1S/C18H16N2O3S/c1-13-10-17(14-5-7-16(8-6-14)24(2,21)22)20-18(11-13)23-15-4-3-9-19-12-15/h3-12H,1-2H3. The van der Waals surface area contributed by atoms with Crippen molar-refractivity contribution in [2.24, 2.45) is 0 Å². The number of ether oxygens (including phenoxy) is 1. The minimum atomic E-state index is -3.21. The van der Waals surface area contributed by atoms with Crippen LogP contribution < -0.4 is 4.74 Å². The van der Waals surface area contributed by atoms with E-state index in [9.17, 15) is 8.42 Å². The molecule has 0 spiro atoms. The molecule has 0 atom stereocenters. The molecule has 3 rings (SSSR count). The Bertz CT molecular complexity index is 953. The van der Waals surface area contributed by atoms with E-state index in [2.05, 4.69) is 9.97 Å². The molecular weight excluding hydrogens is 324 g/mol. The molecule has 3 aromatic rings. The van der Waals surface area contributed by atoms with Crippen LogP contribution in [-0.4, -0.2) is 24.6 Å². The molecule has 1 aromatic carbocycles. The number of sulfone groups is 1. The molecule has 2 heterocycles. The number of pyridine rings is 2. The van der Waals surface area contributed by atoms with Gasteiger partial charge in [0.25, 0.3) is 0 Å². The first-order valence-electron chi connectivity index (χ1n) is 7.29. The number of benzene rings is 1. The summed E-state index contributed by atoms with van der Waals surface area (Å²) in [4.78, 5) is 8.78. The van der Waals surface area contributed by atoms with E-state index in [0.29, 0.717) is 17.3 Å². The molecule has 0 unspecified atom stereocenters. The van der Waals surface area contributed by atoms with Gasteiger partial charge in [-0.1, -0.05) is 12.1 Å². The van der Waals surface area contributed by atoms with Crippen LogP contribution in [0.5, 0.6) is 11.6 Å². The molecule has 0 saturated heterocycles. The van der Waals surface area contributed by atoms with Crippen LogP contribution in [-0.2, 0) is 9.84 Å². The third-order valence-corrected chi connectivity index (χ3v) is 4.51. The number of nitrogens with zero attached hydrogens (tertiary/aromatic N) is 2. The van der Waals surface area contributed by atoms with Gasteiger partial charge in [-0.3, -0.25) is 4.98 Å². The number of rotatable bonds is 4. The molecule has 0 N–H and O–H groups in total. The van der Waals surface area contributed by atoms with Gasteiger partial charge in [-0.2, -0.15) is 0 Å². The first-order chi connectivity index (χ1) is 11.4. The van der Waals surface area contributed by atoms with Gasteiger partial charge in [0.1, 0.15) is 5.75 Å². The van der Waals surface area contributed by atoms with Crippen molar-refractivity contribution in [1.82, 2.24) is 9.97 Å². The highest BCUT2D eigenvalue weighted by atomic mass is 32.2. The molecule has 2 aromatic heterocycles. The third kappa shape index (κ3) is 3.78. The Morgan fingerprint density at radius 2 is 1.79 bits per heavy atom. The van der Waals surface area contributed by atoms with Gasteiger partial charge in [-0.05, 0) is 42.8 Å². The zero-order valence-corrected chi connectivity index (χ0v) is 14.1. The molecule has 0 fully saturated rings. The topological polar surface area (TPSA) is 69.2 Å². The van der Waals surface area contributed by atoms with Gasteiger partial charge >= 0.3 is 0 Å². The maximum atomic E-state index is 11.6. The Labute approximate surface area is 140 Å². The normalized spacial score (nSPS) is 11.2. The lowest BCUT2D eigenvalue weighted by Gasteiger charge is -2.09. The highest BCUT2D eigenvalue weighted by Gasteiger charge is 2.09. The van der Waals surface area contributed by atoms with Crippen LogP contribution in [0.1, 0.15) is 5.56 Å². The van der Waals surface area contributed by atoms with E-state index >= 15 is 0 Å². The van der Waals surface area contributed by atoms with Gasteiger partial charge < -0.3 is 4.74 Å². The molecule has 24 heavy (non-hydrogen) atoms. The Balaban J connectivity index is 1.94. The van der Waals surface area contributed by atoms with Crippen LogP contribution >= 0.6 is 0 Å². The minimum Gasteiger partial charge on any atom is -0.437 e. The summed E-state index contributed by atoms with van der Waals surface area (Å²) >= 11 is 0. The first kappa shape index (κ1) is 16.1. The molecule has 0 aliphatic rings. The van der Waals surface area contributed by atoms with Crippen LogP contribution in [0.15, 0.2) is 65.8 Å². The van der Waals surface area contributed by atoms with Crippen LogP contribution in [0.2, 0.25) is 0 Å². The zero-order valence-electron chi connectivity index (χ0n) is 13.3. The lowest BCUT2D eigenvalue weighted by atomic mass is 10.1. The van der Waals surface area contributed by atoms with Gasteiger partial charge in [0, 0.05) is 24.1 Å². The molecule has 0 aliphatic heterocycles. The molecule has 0 aliphatic carbocycles. The number of hydrogen-bond donors (Lipinski definition) is 0. The molecule has 0 saturated carbocycles. The quantitative estimate of drug-likeness (QED) is 0.725. The summed E-state index contributed by atoms with van der Waals surface area (Å²) in [6, 6.07) is 14.0. The third-order valence-electron chi connectivity index (χ3n) is 3.38. The fourth-order valence-corrected chi connectivity index (χ4v) is 2.87. The van der Waals surface area contributed by atoms with E-state index in [1.165, 1.54) is 6.26 Å². The number of aryl methyl sites for hydroxylation is 1. The lowest BCUT2D eigenvalue weighted by Crippen LogP contribution is -1.97. The van der Waals surface area contributed by atoms with Gasteiger partial charge in [0.15, 0.2) is 9.84 Å². The minimum absolute atomic E-state index is 0.283. The van der Waals surface area contributed by atoms with Crippen molar-refractivity contribution < 1.29 is 13.2 Å². The van der Waals surface area contributed by atoms with Crippen molar-refractivity contribution in [2.75, 3.05) is 6.26 Å². The Hall–Kier alpha value is -2.73. The molecule has 0 amide bonds. The average Bonchev–Trinajstić information content (AvgIpc) is 2.54. The van der Waals surface area contributed by atoms with Crippen molar-refractivity contribution in [3.8, 4) is 22.9 Å². The summed E-state index contributed by atoms with van der Waals surface area (Å²) < 4.78 is 28.8. The second-order valence-corrected chi connectivity index (χ2v) is 7.47. The molecule has 6 heteroatoms. The molecule has 122 valence electrons. The summed E-state index contributed by atoms with van der Waals surface area (Å²) in [5.41, 5.74) is 2.53. The zero-order chi connectivity index (χ0) is 17.2. The lowest BCUT2D eigenvalue weighted by molar-refractivity contribution is 0.461. The van der Waals surface area contributed by atoms with E-state index in [-0.39, 0.29) is 4.90 Å². The summed E-state index contributed by atoms with van der Waals surface area (Å²) in [6.45, 7) is 1.95. The van der Waals surface area contributed by atoms with Crippen molar-refractivity contribution in [1.29, 1.82) is 0 Å². The number of hydrogen-bond acceptors (Lipinski definition) is 5. The summed E-state index contributed by atoms with van der Waals surface area (Å²) in [5.74, 6) is 1.07. The van der Waals surface area contributed by atoms with Crippen LogP contribution in [0.25, 0.3) is 11.3 Å². The van der Waals surface area contributed by atoms with E-state index < -0.39 is 9.84 Å². The summed E-state index contributed by atoms with van der Waals surface area (Å²) in [5, 5.41) is 0. The van der Waals surface area contributed by atoms with Crippen molar-refractivity contribution in [3.05, 3.63) is 66.5 Å². The fraction of sp³-hybridized carbons (Fsp3) is 0.111. The van der Waals surface area contributed by atoms with Crippen LogP contribution in [0.4, 0.5) is 0 Å². The highest BCUT2D eigenvalue weighted by molar-refractivity contribution is 7.90. The first-order valence-corrected chi connectivity index (χ1v) is 9.18. The monoisotopic (exact) mass is 340 g/mol. The highest BCUT2D eigenvalue weighted by Crippen LogP contribution is 2.26. The summed E-state index contributed by atoms with van der Waals surface area (Å²) in [6.07, 6.45) is 4.47. The van der Waals surface area contributed by atoms with E-state index in [0.717, 1.165) is 11.1 Å². The van der Waals surface area contributed by atoms with Crippen molar-refractivity contribution in [2.45, 2.75) is 11.8 Å². The molecular formula is C18H16N2O3S. The average molecular weight is 340 g/mol. The Kier molecular flexibility index (Phi) is 4.31. The van der Waals surface area contributed by atoms with E-state index in [4.69, 9.17) is 4.74 Å². The maximum absolute atomic E-state index is 11.6. The second kappa shape index (κ2) is 6.41. The summed E-state index contributed by atoms with van der Waals surface area (Å²) in [7, 11) is -3.21. The van der Waals surface area contributed by atoms with E-state index in [1.807, 2.05) is 19.1 Å². The van der Waals surface area contributed by atoms with Crippen molar-refractivity contribution in [3.63, 3.8) is 0 Å². The van der Waals surface area contributed by atoms with Crippen LogP contribution in [0.3, 0.4) is 0 Å². The Morgan fingerprint density at radius 1 is 1.04 bits per heavy atom. The Morgan fingerprint density at radius 3 is 2.42 bits per heavy atom. The van der Waals surface area contributed by atoms with Gasteiger partial charge in [-0.15, -0.1) is 0 Å². The number of aromatic nitrogens is 2. The molecule has 0 radical (unpaired) electrons. The molecule has 5 nitrogen and oxygen atoms in total. The fourth-order valence-electron chi connectivity index (χ4n) is 2.24. The second-order valence-electron chi connectivity index (χ2n) is 5.46. The largest absolute Gasteiger partial charge is 0.437 e. The van der Waals surface area contributed by atoms with Gasteiger partial charge in [-0.25, -0.2) is 13.4 Å². The predicted octanol–water partition coefficient (Wildman–Crippen LogP) is 3.65.